The number of hydrogen-bond donors (Lipinski definition) is 1. The van der Waals surface area contributed by atoms with E-state index in [9.17, 15) is 23.6 Å². The first-order chi connectivity index (χ1) is 20.4. The predicted molar refractivity (Wildman–Crippen MR) is 151 cm³/mol. The van der Waals surface area contributed by atoms with Gasteiger partial charge >= 0.3 is 0 Å². The number of carbonyl (C=O) groups excluding carboxylic acids is 4. The van der Waals surface area contributed by atoms with Crippen molar-refractivity contribution in [3.8, 4) is 0 Å². The van der Waals surface area contributed by atoms with Crippen LogP contribution < -0.4 is 10.2 Å². The minimum atomic E-state index is -0.608. The topological polar surface area (TPSA) is 103 Å². The van der Waals surface area contributed by atoms with Crippen molar-refractivity contribution in [1.29, 1.82) is 0 Å². The van der Waals surface area contributed by atoms with E-state index in [0.717, 1.165) is 49.2 Å². The Hall–Kier alpha value is -4.44. The molecule has 2 saturated heterocycles. The summed E-state index contributed by atoms with van der Waals surface area (Å²) in [6.45, 7) is 3.23. The highest BCUT2D eigenvalue weighted by Crippen LogP contribution is 2.35. The summed E-state index contributed by atoms with van der Waals surface area (Å²) in [6, 6.07) is 14.2. The van der Waals surface area contributed by atoms with Gasteiger partial charge in [0.25, 0.3) is 11.8 Å². The lowest BCUT2D eigenvalue weighted by molar-refractivity contribution is -0.136. The molecule has 1 atom stereocenters. The van der Waals surface area contributed by atoms with Gasteiger partial charge in [-0.15, -0.1) is 0 Å². The minimum Gasteiger partial charge on any atom is -0.322 e. The molecule has 0 radical (unpaired) electrons. The second-order valence-corrected chi connectivity index (χ2v) is 11.6. The smallest absolute Gasteiger partial charge is 0.260 e. The Morgan fingerprint density at radius 3 is 2.50 bits per heavy atom. The second kappa shape index (κ2) is 10.4. The molecule has 0 aliphatic carbocycles. The standard InChI is InChI=1S/C32H30FN5O4/c33-26-2-1-11-34-29(26)38-17-22-4-3-19(14-25(22)32(38)42)16-36-12-9-20(10-13-36)21-5-6-24-23(15-21)18-37(31(24)41)27-7-8-28(39)35-30(27)40/h1-6,11,14-15,20,27H,7-10,12-13,16-18H2,(H,35,39,40). The van der Waals surface area contributed by atoms with E-state index in [4.69, 9.17) is 0 Å². The number of anilines is 1. The summed E-state index contributed by atoms with van der Waals surface area (Å²) in [7, 11) is 0. The highest BCUT2D eigenvalue weighted by Gasteiger charge is 2.39. The van der Waals surface area contributed by atoms with Crippen LogP contribution in [0.15, 0.2) is 54.7 Å². The molecule has 42 heavy (non-hydrogen) atoms. The van der Waals surface area contributed by atoms with Crippen LogP contribution in [0, 0.1) is 5.82 Å². The number of piperidine rings is 2. The molecule has 2 fully saturated rings. The van der Waals surface area contributed by atoms with Crippen LogP contribution in [0.1, 0.15) is 74.6 Å². The van der Waals surface area contributed by atoms with E-state index in [1.165, 1.54) is 28.8 Å². The normalized spacial score (nSPS) is 21.1. The highest BCUT2D eigenvalue weighted by atomic mass is 19.1. The van der Waals surface area contributed by atoms with Gasteiger partial charge in [0.1, 0.15) is 6.04 Å². The number of carbonyl (C=O) groups is 4. The maximum Gasteiger partial charge on any atom is 0.260 e. The molecule has 0 spiro atoms. The number of likely N-dealkylation sites (tertiary alicyclic amines) is 1. The fourth-order valence-electron chi connectivity index (χ4n) is 6.72. The largest absolute Gasteiger partial charge is 0.322 e. The van der Waals surface area contributed by atoms with Crippen molar-refractivity contribution < 1.29 is 23.6 Å². The number of imide groups is 1. The van der Waals surface area contributed by atoms with E-state index in [1.807, 2.05) is 30.3 Å². The molecule has 0 saturated carbocycles. The lowest BCUT2D eigenvalue weighted by Gasteiger charge is -2.32. The Kier molecular flexibility index (Phi) is 6.57. The molecule has 2 aromatic carbocycles. The lowest BCUT2D eigenvalue weighted by atomic mass is 9.87. The SMILES string of the molecule is O=C1CCC(N2Cc3cc(C4CCN(Cc5ccc6c(c5)C(=O)N(c5ncccc5F)C6)CC4)ccc3C2=O)C(=O)N1. The van der Waals surface area contributed by atoms with E-state index < -0.39 is 17.8 Å². The number of pyridine rings is 1. The van der Waals surface area contributed by atoms with Crippen molar-refractivity contribution in [2.45, 2.75) is 57.3 Å². The maximum atomic E-state index is 14.3. The number of aromatic nitrogens is 1. The van der Waals surface area contributed by atoms with E-state index in [1.54, 1.807) is 4.90 Å². The molecule has 9 nitrogen and oxygen atoms in total. The van der Waals surface area contributed by atoms with Gasteiger partial charge in [-0.05, 0) is 84.8 Å². The molecule has 1 unspecified atom stereocenters. The third-order valence-electron chi connectivity index (χ3n) is 8.99. The average Bonchev–Trinajstić information content (AvgIpc) is 3.49. The molecule has 4 amide bonds. The van der Waals surface area contributed by atoms with Crippen molar-refractivity contribution in [3.05, 3.63) is 93.9 Å². The molecule has 0 bridgehead atoms. The Morgan fingerprint density at radius 2 is 1.71 bits per heavy atom. The molecule has 1 N–H and O–H groups in total. The van der Waals surface area contributed by atoms with Crippen LogP contribution in [0.4, 0.5) is 10.2 Å². The van der Waals surface area contributed by atoms with E-state index >= 15 is 0 Å². The number of amides is 4. The Balaban J connectivity index is 0.976. The molecule has 7 rings (SSSR count). The summed E-state index contributed by atoms with van der Waals surface area (Å²) in [5, 5.41) is 2.35. The fourth-order valence-corrected chi connectivity index (χ4v) is 6.72. The van der Waals surface area contributed by atoms with Gasteiger partial charge in [0.05, 0.1) is 6.54 Å². The van der Waals surface area contributed by atoms with Gasteiger partial charge in [-0.25, -0.2) is 9.37 Å². The summed E-state index contributed by atoms with van der Waals surface area (Å²) in [6.07, 6.45) is 4.03. The quantitative estimate of drug-likeness (QED) is 0.474. The maximum absolute atomic E-state index is 14.3. The number of nitrogens with one attached hydrogen (secondary N) is 1. The molecule has 10 heteroatoms. The fraction of sp³-hybridized carbons (Fsp3) is 0.344. The Labute approximate surface area is 242 Å². The molecule has 5 heterocycles. The Morgan fingerprint density at radius 1 is 0.881 bits per heavy atom. The lowest BCUT2D eigenvalue weighted by Crippen LogP contribution is -2.52. The number of nitrogens with zero attached hydrogens (tertiary/aromatic N) is 4. The zero-order valence-corrected chi connectivity index (χ0v) is 23.0. The van der Waals surface area contributed by atoms with Gasteiger partial charge in [-0.2, -0.15) is 0 Å². The number of halogens is 1. The third kappa shape index (κ3) is 4.65. The average molecular weight is 568 g/mol. The summed E-state index contributed by atoms with van der Waals surface area (Å²) < 4.78 is 14.3. The van der Waals surface area contributed by atoms with Crippen LogP contribution in [0.25, 0.3) is 0 Å². The van der Waals surface area contributed by atoms with Gasteiger partial charge < -0.3 is 4.90 Å². The van der Waals surface area contributed by atoms with Gasteiger partial charge in [-0.1, -0.05) is 24.3 Å². The molecule has 1 aromatic heterocycles. The Bertz CT molecular complexity index is 1630. The molecule has 214 valence electrons. The van der Waals surface area contributed by atoms with Crippen molar-refractivity contribution >= 4 is 29.4 Å². The van der Waals surface area contributed by atoms with Crippen LogP contribution in [0.2, 0.25) is 0 Å². The van der Waals surface area contributed by atoms with Crippen molar-refractivity contribution in [3.63, 3.8) is 0 Å². The third-order valence-corrected chi connectivity index (χ3v) is 8.99. The first-order valence-electron chi connectivity index (χ1n) is 14.4. The van der Waals surface area contributed by atoms with Crippen molar-refractivity contribution in [1.82, 2.24) is 20.1 Å². The molecular formula is C32H30FN5O4. The van der Waals surface area contributed by atoms with Gasteiger partial charge in [0, 0.05) is 36.8 Å². The monoisotopic (exact) mass is 567 g/mol. The molecule has 4 aliphatic heterocycles. The minimum absolute atomic E-state index is 0.0573. The number of rotatable bonds is 5. The molecule has 3 aromatic rings. The predicted octanol–water partition coefficient (Wildman–Crippen LogP) is 3.52. The first-order valence-corrected chi connectivity index (χ1v) is 14.4. The van der Waals surface area contributed by atoms with E-state index in [-0.39, 0.29) is 30.0 Å². The number of hydrogen-bond acceptors (Lipinski definition) is 6. The zero-order chi connectivity index (χ0) is 29.0. The summed E-state index contributed by atoms with van der Waals surface area (Å²) in [5.41, 5.74) is 5.30. The zero-order valence-electron chi connectivity index (χ0n) is 23.0. The van der Waals surface area contributed by atoms with Crippen LogP contribution >= 0.6 is 0 Å². The van der Waals surface area contributed by atoms with E-state index in [0.29, 0.717) is 36.6 Å². The van der Waals surface area contributed by atoms with Crippen LogP contribution in [-0.4, -0.2) is 57.5 Å². The van der Waals surface area contributed by atoms with Crippen LogP contribution in [-0.2, 0) is 29.2 Å². The number of fused-ring (bicyclic) bond motifs is 2. The van der Waals surface area contributed by atoms with Gasteiger partial charge in [-0.3, -0.25) is 34.3 Å². The van der Waals surface area contributed by atoms with Crippen molar-refractivity contribution in [2.24, 2.45) is 0 Å². The molecule has 4 aliphatic rings. The summed E-state index contributed by atoms with van der Waals surface area (Å²) in [4.78, 5) is 59.4. The van der Waals surface area contributed by atoms with Crippen LogP contribution in [0.5, 0.6) is 0 Å². The van der Waals surface area contributed by atoms with Crippen LogP contribution in [0.3, 0.4) is 0 Å². The second-order valence-electron chi connectivity index (χ2n) is 11.6. The first kappa shape index (κ1) is 26.5. The van der Waals surface area contributed by atoms with E-state index in [2.05, 4.69) is 21.3 Å². The summed E-state index contributed by atoms with van der Waals surface area (Å²) >= 11 is 0. The summed E-state index contributed by atoms with van der Waals surface area (Å²) in [5.74, 6) is -1.15. The van der Waals surface area contributed by atoms with Gasteiger partial charge in [0.2, 0.25) is 11.8 Å². The van der Waals surface area contributed by atoms with Crippen molar-refractivity contribution in [2.75, 3.05) is 18.0 Å². The highest BCUT2D eigenvalue weighted by molar-refractivity contribution is 6.09. The van der Waals surface area contributed by atoms with Gasteiger partial charge in [0.15, 0.2) is 11.6 Å². The molecular weight excluding hydrogens is 537 g/mol. The number of benzene rings is 2.